The van der Waals surface area contributed by atoms with Crippen LogP contribution >= 0.6 is 0 Å². The van der Waals surface area contributed by atoms with E-state index < -0.39 is 47.2 Å². The molecule has 184 valence electrons. The summed E-state index contributed by atoms with van der Waals surface area (Å²) in [7, 11) is 0. The highest BCUT2D eigenvalue weighted by atomic mass is 19.2. The Bertz CT molecular complexity index is 660. The molecule has 0 saturated carbocycles. The van der Waals surface area contributed by atoms with E-state index in [0.29, 0.717) is 26.4 Å². The van der Waals surface area contributed by atoms with E-state index in [1.165, 1.54) is 19.3 Å². The molecule has 0 saturated heterocycles. The van der Waals surface area contributed by atoms with Crippen LogP contribution in [0.25, 0.3) is 0 Å². The summed E-state index contributed by atoms with van der Waals surface area (Å²) in [6.07, 6.45) is 4.15. The van der Waals surface area contributed by atoms with E-state index in [1.807, 2.05) is 0 Å². The first-order chi connectivity index (χ1) is 15.4. The molecule has 0 unspecified atom stereocenters. The van der Waals surface area contributed by atoms with Crippen molar-refractivity contribution in [1.82, 2.24) is 0 Å². The first-order valence-corrected chi connectivity index (χ1v) is 10.4. The summed E-state index contributed by atoms with van der Waals surface area (Å²) in [4.78, 5) is 11.5. The van der Waals surface area contributed by atoms with Crippen LogP contribution in [0.3, 0.4) is 0 Å². The van der Waals surface area contributed by atoms with Gasteiger partial charge in [0, 0.05) is 6.61 Å². The molecule has 1 rings (SSSR count). The lowest BCUT2D eigenvalue weighted by atomic mass is 10.2. The van der Waals surface area contributed by atoms with Gasteiger partial charge in [-0.2, -0.15) is 8.78 Å². The first kappa shape index (κ1) is 28.2. The second-order valence-electron chi connectivity index (χ2n) is 6.63. The van der Waals surface area contributed by atoms with Crippen LogP contribution < -0.4 is 4.74 Å². The Morgan fingerprint density at radius 1 is 0.594 bits per heavy atom. The van der Waals surface area contributed by atoms with Crippen LogP contribution in [0.4, 0.5) is 22.0 Å². The van der Waals surface area contributed by atoms with Crippen molar-refractivity contribution in [1.29, 1.82) is 0 Å². The lowest BCUT2D eigenvalue weighted by Gasteiger charge is -2.09. The Morgan fingerprint density at radius 3 is 1.53 bits per heavy atom. The van der Waals surface area contributed by atoms with Gasteiger partial charge in [-0.15, -0.1) is 0 Å². The van der Waals surface area contributed by atoms with Crippen molar-refractivity contribution in [2.45, 2.75) is 39.0 Å². The molecule has 0 radical (unpaired) electrons. The van der Waals surface area contributed by atoms with E-state index >= 15 is 0 Å². The maximum absolute atomic E-state index is 13.4. The van der Waals surface area contributed by atoms with Gasteiger partial charge in [-0.25, -0.2) is 13.2 Å². The van der Waals surface area contributed by atoms with Gasteiger partial charge >= 0.3 is 5.97 Å². The van der Waals surface area contributed by atoms with Crippen molar-refractivity contribution in [3.8, 4) is 5.75 Å². The standard InChI is InChI=1S/C21H29F5O6/c1-2-3-4-5-7-28-9-11-30-13-14-31-12-10-29-8-6-15(27)32-21-19(25)17(23)16(22)18(24)20(21)26/h2-14H2,1H3. The largest absolute Gasteiger partial charge is 0.420 e. The van der Waals surface area contributed by atoms with Crippen LogP contribution in [-0.2, 0) is 23.7 Å². The third kappa shape index (κ3) is 10.7. The fraction of sp³-hybridized carbons (Fsp3) is 0.667. The fourth-order valence-electron chi connectivity index (χ4n) is 2.39. The predicted molar refractivity (Wildman–Crippen MR) is 104 cm³/mol. The van der Waals surface area contributed by atoms with E-state index in [1.54, 1.807) is 0 Å². The number of hydrogen-bond donors (Lipinski definition) is 0. The van der Waals surface area contributed by atoms with Crippen LogP contribution in [0.5, 0.6) is 5.75 Å². The minimum absolute atomic E-state index is 0.122. The highest BCUT2D eigenvalue weighted by molar-refractivity contribution is 5.72. The molecule has 0 aliphatic heterocycles. The number of benzene rings is 1. The number of ether oxygens (including phenoxy) is 5. The molecule has 0 spiro atoms. The summed E-state index contributed by atoms with van der Waals surface area (Å²) in [5, 5.41) is 0. The van der Waals surface area contributed by atoms with Crippen LogP contribution in [-0.4, -0.2) is 58.8 Å². The summed E-state index contributed by atoms with van der Waals surface area (Å²) in [6, 6.07) is 0. The van der Waals surface area contributed by atoms with Crippen LogP contribution in [0.15, 0.2) is 0 Å². The lowest BCUT2D eigenvalue weighted by Crippen LogP contribution is -2.16. The Hall–Kier alpha value is -1.82. The van der Waals surface area contributed by atoms with Crippen molar-refractivity contribution in [2.24, 2.45) is 0 Å². The van der Waals surface area contributed by atoms with Crippen LogP contribution in [0.1, 0.15) is 39.0 Å². The molecule has 1 aromatic carbocycles. The molecule has 6 nitrogen and oxygen atoms in total. The van der Waals surface area contributed by atoms with E-state index in [2.05, 4.69) is 11.7 Å². The molecule has 0 aliphatic rings. The Morgan fingerprint density at radius 2 is 1.03 bits per heavy atom. The highest BCUT2D eigenvalue weighted by Gasteiger charge is 2.28. The Balaban J connectivity index is 2.02. The van der Waals surface area contributed by atoms with E-state index in [9.17, 15) is 26.7 Å². The zero-order chi connectivity index (χ0) is 23.8. The van der Waals surface area contributed by atoms with Gasteiger partial charge in [0.1, 0.15) is 0 Å². The van der Waals surface area contributed by atoms with E-state index in [0.717, 1.165) is 13.0 Å². The third-order valence-electron chi connectivity index (χ3n) is 4.09. The highest BCUT2D eigenvalue weighted by Crippen LogP contribution is 2.29. The smallest absolute Gasteiger partial charge is 0.313 e. The molecule has 0 fully saturated rings. The average Bonchev–Trinajstić information content (AvgIpc) is 2.79. The summed E-state index contributed by atoms with van der Waals surface area (Å²) in [6.45, 7) is 4.74. The SMILES string of the molecule is CCCCCCOCCOCCOCCOCCC(=O)Oc1c(F)c(F)c(F)c(F)c1F. The van der Waals surface area contributed by atoms with E-state index in [-0.39, 0.29) is 19.8 Å². The van der Waals surface area contributed by atoms with Crippen LogP contribution in [0.2, 0.25) is 0 Å². The number of unbranched alkanes of at least 4 members (excludes halogenated alkanes) is 3. The summed E-state index contributed by atoms with van der Waals surface area (Å²) < 4.78 is 91.3. The van der Waals surface area contributed by atoms with Gasteiger partial charge in [0.25, 0.3) is 0 Å². The van der Waals surface area contributed by atoms with Gasteiger partial charge in [0.15, 0.2) is 0 Å². The minimum atomic E-state index is -2.33. The second-order valence-corrected chi connectivity index (χ2v) is 6.63. The zero-order valence-electron chi connectivity index (χ0n) is 18.0. The fourth-order valence-corrected chi connectivity index (χ4v) is 2.39. The molecule has 0 atom stereocenters. The number of halogens is 5. The van der Waals surface area contributed by atoms with Crippen molar-refractivity contribution in [3.63, 3.8) is 0 Å². The minimum Gasteiger partial charge on any atom is -0.420 e. The van der Waals surface area contributed by atoms with Gasteiger partial charge < -0.3 is 23.7 Å². The topological polar surface area (TPSA) is 63.2 Å². The third-order valence-corrected chi connectivity index (χ3v) is 4.09. The van der Waals surface area contributed by atoms with Crippen molar-refractivity contribution in [3.05, 3.63) is 29.1 Å². The number of hydrogen-bond acceptors (Lipinski definition) is 6. The second kappa shape index (κ2) is 16.8. The maximum atomic E-state index is 13.4. The molecule has 0 heterocycles. The van der Waals surface area contributed by atoms with Crippen LogP contribution in [0, 0.1) is 29.1 Å². The molecular weight excluding hydrogens is 443 g/mol. The number of carbonyl (C=O) groups is 1. The normalized spacial score (nSPS) is 11.2. The number of rotatable bonds is 18. The maximum Gasteiger partial charge on any atom is 0.313 e. The number of carbonyl (C=O) groups excluding carboxylic acids is 1. The zero-order valence-corrected chi connectivity index (χ0v) is 18.0. The average molecular weight is 472 g/mol. The van der Waals surface area contributed by atoms with Gasteiger partial charge in [0.05, 0.1) is 52.7 Å². The van der Waals surface area contributed by atoms with Crippen molar-refractivity contribution < 1.29 is 50.4 Å². The molecule has 0 N–H and O–H groups in total. The van der Waals surface area contributed by atoms with Gasteiger partial charge in [0.2, 0.25) is 34.8 Å². The van der Waals surface area contributed by atoms with Crippen molar-refractivity contribution in [2.75, 3.05) is 52.9 Å². The predicted octanol–water partition coefficient (Wildman–Crippen LogP) is 4.32. The summed E-state index contributed by atoms with van der Waals surface area (Å²) in [5.74, 6) is -14.0. The Kier molecular flexibility index (Phi) is 14.8. The molecule has 0 amide bonds. The lowest BCUT2D eigenvalue weighted by molar-refractivity contribution is -0.136. The molecule has 0 aromatic heterocycles. The molecule has 11 heteroatoms. The van der Waals surface area contributed by atoms with Crippen molar-refractivity contribution >= 4 is 5.97 Å². The Labute approximate surface area is 183 Å². The molecule has 0 bridgehead atoms. The number of esters is 1. The molecule has 1 aromatic rings. The summed E-state index contributed by atoms with van der Waals surface area (Å²) >= 11 is 0. The monoisotopic (exact) mass is 472 g/mol. The molecule has 0 aliphatic carbocycles. The molecular formula is C21H29F5O6. The summed E-state index contributed by atoms with van der Waals surface area (Å²) in [5.41, 5.74) is 0. The molecule has 32 heavy (non-hydrogen) atoms. The van der Waals surface area contributed by atoms with Gasteiger partial charge in [-0.3, -0.25) is 4.79 Å². The van der Waals surface area contributed by atoms with Gasteiger partial charge in [-0.05, 0) is 6.42 Å². The quantitative estimate of drug-likeness (QED) is 0.0792. The van der Waals surface area contributed by atoms with E-state index in [4.69, 9.17) is 18.9 Å². The van der Waals surface area contributed by atoms with Gasteiger partial charge in [-0.1, -0.05) is 26.2 Å². The first-order valence-electron chi connectivity index (χ1n) is 10.4.